The summed E-state index contributed by atoms with van der Waals surface area (Å²) in [6.45, 7) is 26.4. The summed E-state index contributed by atoms with van der Waals surface area (Å²) in [6.07, 6.45) is 5.59. The second kappa shape index (κ2) is 24.2. The van der Waals surface area contributed by atoms with Crippen LogP contribution in [0.3, 0.4) is 0 Å². The molecule has 0 saturated carbocycles. The van der Waals surface area contributed by atoms with E-state index in [9.17, 15) is 0 Å². The van der Waals surface area contributed by atoms with Crippen LogP contribution in [0.15, 0.2) is 83.4 Å². The molecular formula is C39H57Cl3SiTi. The molecule has 0 N–H and O–H groups in total. The first kappa shape index (κ1) is 49.8. The van der Waals surface area contributed by atoms with Gasteiger partial charge in [0.1, 0.15) is 0 Å². The Kier molecular flexibility index (Phi) is 27.4. The Morgan fingerprint density at radius 2 is 1.09 bits per heavy atom. The van der Waals surface area contributed by atoms with E-state index < -0.39 is 0 Å². The zero-order valence-electron chi connectivity index (χ0n) is 29.3. The summed E-state index contributed by atoms with van der Waals surface area (Å²) in [5, 5.41) is 1.35. The maximum Gasteiger partial charge on any atom is 3.00 e. The molecule has 0 fully saturated rings. The molecule has 1 atom stereocenters. The molecule has 0 saturated heterocycles. The van der Waals surface area contributed by atoms with Crippen LogP contribution < -0.4 is 5.19 Å². The zero-order valence-corrected chi connectivity index (χ0v) is 34.7. The Bertz CT molecular complexity index is 1190. The SMILES string of the molecule is CC(C)(C)c1c[c-]cc(C(C)(C)C)c1.CC1=[C-]C(C)C(C)=C1C.CCc1c[c-]cc(CC)c1.Cl.Cl.Cl.[SiH2]c1ccccc1.[Ti+3]. The van der Waals surface area contributed by atoms with Gasteiger partial charge in [0.2, 0.25) is 0 Å². The van der Waals surface area contributed by atoms with Gasteiger partial charge < -0.3 is 0 Å². The molecule has 1 aliphatic carbocycles. The Morgan fingerprint density at radius 3 is 1.34 bits per heavy atom. The largest absolute Gasteiger partial charge is 3.00 e. The Hall–Kier alpha value is -1.06. The van der Waals surface area contributed by atoms with Crippen LogP contribution in [0.4, 0.5) is 0 Å². The molecule has 0 heterocycles. The van der Waals surface area contributed by atoms with Crippen LogP contribution in [0.5, 0.6) is 0 Å². The normalized spacial score (nSPS) is 13.3. The molecule has 3 aromatic carbocycles. The molecule has 44 heavy (non-hydrogen) atoms. The summed E-state index contributed by atoms with van der Waals surface area (Å²) in [6, 6.07) is 29.5. The van der Waals surface area contributed by atoms with Gasteiger partial charge in [-0.15, -0.1) is 44.1 Å². The van der Waals surface area contributed by atoms with E-state index in [0.717, 1.165) is 12.8 Å². The number of hydrogen-bond acceptors (Lipinski definition) is 0. The fourth-order valence-electron chi connectivity index (χ4n) is 3.96. The van der Waals surface area contributed by atoms with Gasteiger partial charge in [-0.05, 0) is 0 Å². The van der Waals surface area contributed by atoms with Crippen LogP contribution in [0.1, 0.15) is 105 Å². The third kappa shape index (κ3) is 18.8. The number of halogens is 3. The minimum Gasteiger partial charge on any atom is -0.266 e. The molecule has 0 spiro atoms. The fourth-order valence-corrected chi connectivity index (χ4v) is 4.24. The number of rotatable bonds is 2. The van der Waals surface area contributed by atoms with Crippen molar-refractivity contribution in [1.82, 2.24) is 0 Å². The summed E-state index contributed by atoms with van der Waals surface area (Å²) in [7, 11) is 1.90. The minimum absolute atomic E-state index is 0. The summed E-state index contributed by atoms with van der Waals surface area (Å²) in [5.41, 5.74) is 10.2. The first-order valence-electron chi connectivity index (χ1n) is 14.8. The number of hydrogen-bond donors (Lipinski definition) is 0. The summed E-state index contributed by atoms with van der Waals surface area (Å²) in [5.74, 6) is 0.560. The van der Waals surface area contributed by atoms with Gasteiger partial charge in [0, 0.05) is 10.2 Å². The third-order valence-corrected chi connectivity index (χ3v) is 7.80. The molecule has 0 aliphatic heterocycles. The van der Waals surface area contributed by atoms with Crippen molar-refractivity contribution in [3.63, 3.8) is 0 Å². The van der Waals surface area contributed by atoms with Gasteiger partial charge in [-0.25, -0.2) is 5.57 Å². The Morgan fingerprint density at radius 1 is 0.682 bits per heavy atom. The zero-order chi connectivity index (χ0) is 30.5. The second-order valence-electron chi connectivity index (χ2n) is 12.8. The van der Waals surface area contributed by atoms with Crippen molar-refractivity contribution in [2.24, 2.45) is 5.92 Å². The van der Waals surface area contributed by atoms with E-state index in [0.29, 0.717) is 5.92 Å². The van der Waals surface area contributed by atoms with Crippen LogP contribution in [-0.4, -0.2) is 10.2 Å². The van der Waals surface area contributed by atoms with Crippen molar-refractivity contribution in [2.45, 2.75) is 107 Å². The van der Waals surface area contributed by atoms with Crippen molar-refractivity contribution in [3.8, 4) is 0 Å². The Balaban J connectivity index is -0.000000241. The van der Waals surface area contributed by atoms with Crippen molar-refractivity contribution in [2.75, 3.05) is 0 Å². The first-order chi connectivity index (χ1) is 18.6. The molecule has 0 bridgehead atoms. The van der Waals surface area contributed by atoms with Crippen LogP contribution in [-0.2, 0) is 45.4 Å². The van der Waals surface area contributed by atoms with E-state index in [4.69, 9.17) is 0 Å². The average molecular weight is 708 g/mol. The van der Waals surface area contributed by atoms with E-state index >= 15 is 0 Å². The van der Waals surface area contributed by atoms with E-state index in [1.54, 1.807) is 0 Å². The van der Waals surface area contributed by atoms with Gasteiger partial charge in [0.05, 0.1) is 0 Å². The molecule has 4 rings (SSSR count). The first-order valence-corrected chi connectivity index (χ1v) is 15.5. The van der Waals surface area contributed by atoms with Crippen LogP contribution in [0.2, 0.25) is 0 Å². The minimum atomic E-state index is 0. The van der Waals surface area contributed by atoms with Gasteiger partial charge in [-0.2, -0.15) is 81.9 Å². The van der Waals surface area contributed by atoms with Gasteiger partial charge in [0.25, 0.3) is 0 Å². The maximum atomic E-state index is 3.36. The molecule has 3 aromatic rings. The van der Waals surface area contributed by atoms with Crippen LogP contribution in [0, 0.1) is 24.1 Å². The number of benzene rings is 3. The molecule has 0 amide bonds. The average Bonchev–Trinajstić information content (AvgIpc) is 3.14. The predicted molar refractivity (Wildman–Crippen MR) is 203 cm³/mol. The van der Waals surface area contributed by atoms with Crippen molar-refractivity contribution < 1.29 is 21.7 Å². The maximum absolute atomic E-state index is 3.36. The molecule has 1 unspecified atom stereocenters. The number of allylic oxidation sites excluding steroid dienone is 4. The summed E-state index contributed by atoms with van der Waals surface area (Å²) in [4.78, 5) is 0. The molecule has 242 valence electrons. The monoisotopic (exact) mass is 706 g/mol. The van der Waals surface area contributed by atoms with Crippen molar-refractivity contribution >= 4 is 52.7 Å². The van der Waals surface area contributed by atoms with Crippen molar-refractivity contribution in [3.05, 3.63) is 124 Å². The van der Waals surface area contributed by atoms with E-state index in [-0.39, 0.29) is 69.8 Å². The van der Waals surface area contributed by atoms with Crippen LogP contribution in [0.25, 0.3) is 0 Å². The van der Waals surface area contributed by atoms with Gasteiger partial charge >= 0.3 is 21.7 Å². The third-order valence-electron chi connectivity index (χ3n) is 7.32. The molecule has 0 nitrogen and oxygen atoms in total. The summed E-state index contributed by atoms with van der Waals surface area (Å²) < 4.78 is 0. The molecule has 0 aromatic heterocycles. The fraction of sp³-hybridized carbons (Fsp3) is 0.436. The van der Waals surface area contributed by atoms with E-state index in [2.05, 4.69) is 150 Å². The van der Waals surface area contributed by atoms with E-state index in [1.165, 1.54) is 44.2 Å². The number of aryl methyl sites for hydroxylation is 2. The smallest absolute Gasteiger partial charge is 0.266 e. The van der Waals surface area contributed by atoms with E-state index in [1.807, 2.05) is 28.4 Å². The van der Waals surface area contributed by atoms with Gasteiger partial charge in [0.15, 0.2) is 0 Å². The second-order valence-corrected chi connectivity index (χ2v) is 13.6. The molecule has 1 aliphatic rings. The molecular weight excluding hydrogens is 651 g/mol. The quantitative estimate of drug-likeness (QED) is 0.184. The van der Waals surface area contributed by atoms with Crippen LogP contribution >= 0.6 is 37.2 Å². The molecule has 2 radical (unpaired) electrons. The Labute approximate surface area is 308 Å². The van der Waals surface area contributed by atoms with Crippen molar-refractivity contribution in [1.29, 1.82) is 0 Å². The predicted octanol–water partition coefficient (Wildman–Crippen LogP) is 10.6. The topological polar surface area (TPSA) is 0 Å². The van der Waals surface area contributed by atoms with Gasteiger partial charge in [-0.3, -0.25) is 6.08 Å². The molecule has 5 heteroatoms. The standard InChI is InChI=1S/C14H21.C10H13.C9H13.C6H7Si.3ClH.Ti/c1-13(2,3)11-8-7-9-12(10-11)14(4,5)6;1-3-9-6-5-7-10(4-2)8-9;1-6-5-7(2)9(4)8(6)3;7-6-4-2-1-3-5-6;;;;/h8-10H,1-6H3;6-8H,3-4H2,1-2H3;6H,1-4H3;1-5H,7H2;3*1H;/q3*-1;;;;;+3. The summed E-state index contributed by atoms with van der Waals surface area (Å²) >= 11 is 0. The van der Waals surface area contributed by atoms with Gasteiger partial charge in [-0.1, -0.05) is 141 Å².